The van der Waals surface area contributed by atoms with E-state index >= 15 is 0 Å². The predicted molar refractivity (Wildman–Crippen MR) is 72.8 cm³/mol. The number of halogens is 1. The highest BCUT2D eigenvalue weighted by atomic mass is 79.9. The molecule has 6 nitrogen and oxygen atoms in total. The number of carboxylic acids is 1. The number of hydrogen-bond acceptors (Lipinski definition) is 4. The van der Waals surface area contributed by atoms with Crippen molar-refractivity contribution in [2.24, 2.45) is 5.41 Å². The standard InChI is InChI=1S/C10H14BrN3O3S/c1-10(2,3)6(7(15)16)13-8(17)14-9-12-4-5(11)18-9/h4,6H,1-3H3,(H,15,16)(H2,12,13,14,17). The molecular formula is C10H14BrN3O3S. The zero-order valence-corrected chi connectivity index (χ0v) is 12.6. The number of aliphatic carboxylic acids is 1. The molecule has 0 spiro atoms. The molecule has 0 saturated carbocycles. The molecule has 1 atom stereocenters. The highest BCUT2D eigenvalue weighted by molar-refractivity contribution is 9.11. The van der Waals surface area contributed by atoms with Gasteiger partial charge in [0.05, 0.1) is 9.98 Å². The second kappa shape index (κ2) is 5.66. The Labute approximate surface area is 117 Å². The minimum atomic E-state index is -1.07. The number of rotatable bonds is 3. The summed E-state index contributed by atoms with van der Waals surface area (Å²) < 4.78 is 0.781. The number of aromatic nitrogens is 1. The van der Waals surface area contributed by atoms with Crippen LogP contribution in [0.1, 0.15) is 20.8 Å². The van der Waals surface area contributed by atoms with E-state index in [1.165, 1.54) is 11.3 Å². The lowest BCUT2D eigenvalue weighted by Gasteiger charge is -2.27. The second-order valence-corrected chi connectivity index (χ2v) is 7.12. The van der Waals surface area contributed by atoms with Gasteiger partial charge in [-0.15, -0.1) is 0 Å². The van der Waals surface area contributed by atoms with Crippen LogP contribution < -0.4 is 10.6 Å². The fourth-order valence-corrected chi connectivity index (χ4v) is 2.33. The lowest BCUT2D eigenvalue weighted by molar-refractivity contribution is -0.141. The first-order valence-electron chi connectivity index (χ1n) is 5.12. The van der Waals surface area contributed by atoms with Crippen LogP contribution in [0.25, 0.3) is 0 Å². The maximum absolute atomic E-state index is 11.6. The number of carbonyl (C=O) groups is 2. The van der Waals surface area contributed by atoms with E-state index in [4.69, 9.17) is 5.11 Å². The minimum absolute atomic E-state index is 0.400. The van der Waals surface area contributed by atoms with Gasteiger partial charge in [-0.2, -0.15) is 0 Å². The highest BCUT2D eigenvalue weighted by Crippen LogP contribution is 2.23. The molecule has 1 rings (SSSR count). The van der Waals surface area contributed by atoms with Gasteiger partial charge in [0.15, 0.2) is 5.13 Å². The third kappa shape index (κ3) is 4.26. The average molecular weight is 336 g/mol. The Balaban J connectivity index is 2.65. The van der Waals surface area contributed by atoms with Crippen LogP contribution >= 0.6 is 27.3 Å². The van der Waals surface area contributed by atoms with Crippen molar-refractivity contribution >= 4 is 44.4 Å². The average Bonchev–Trinajstić information content (AvgIpc) is 2.58. The summed E-state index contributed by atoms with van der Waals surface area (Å²) in [5.41, 5.74) is -0.577. The van der Waals surface area contributed by atoms with E-state index in [0.29, 0.717) is 5.13 Å². The Hall–Kier alpha value is -1.15. The van der Waals surface area contributed by atoms with E-state index in [-0.39, 0.29) is 0 Å². The summed E-state index contributed by atoms with van der Waals surface area (Å²) in [7, 11) is 0. The lowest BCUT2D eigenvalue weighted by atomic mass is 9.87. The normalized spacial score (nSPS) is 12.9. The van der Waals surface area contributed by atoms with Gasteiger partial charge >= 0.3 is 12.0 Å². The van der Waals surface area contributed by atoms with Crippen molar-refractivity contribution in [3.05, 3.63) is 9.98 Å². The van der Waals surface area contributed by atoms with E-state index in [1.54, 1.807) is 27.0 Å². The zero-order chi connectivity index (χ0) is 13.9. The summed E-state index contributed by atoms with van der Waals surface area (Å²) >= 11 is 4.46. The van der Waals surface area contributed by atoms with Gasteiger partial charge in [-0.3, -0.25) is 5.32 Å². The Morgan fingerprint density at radius 2 is 2.11 bits per heavy atom. The zero-order valence-electron chi connectivity index (χ0n) is 10.2. The number of anilines is 1. The number of thiazole rings is 1. The first-order chi connectivity index (χ1) is 8.20. The fourth-order valence-electron chi connectivity index (χ4n) is 1.23. The van der Waals surface area contributed by atoms with Crippen molar-refractivity contribution in [1.82, 2.24) is 10.3 Å². The maximum Gasteiger partial charge on any atom is 0.326 e. The van der Waals surface area contributed by atoms with E-state index in [2.05, 4.69) is 31.5 Å². The first-order valence-corrected chi connectivity index (χ1v) is 6.73. The number of hydrogen-bond donors (Lipinski definition) is 3. The van der Waals surface area contributed by atoms with Gasteiger partial charge in [0.2, 0.25) is 0 Å². The monoisotopic (exact) mass is 335 g/mol. The number of nitrogens with zero attached hydrogens (tertiary/aromatic N) is 1. The van der Waals surface area contributed by atoms with Crippen molar-refractivity contribution in [1.29, 1.82) is 0 Å². The van der Waals surface area contributed by atoms with Crippen LogP contribution in [0.2, 0.25) is 0 Å². The van der Waals surface area contributed by atoms with Gasteiger partial charge in [0.1, 0.15) is 6.04 Å². The number of urea groups is 1. The number of nitrogens with one attached hydrogen (secondary N) is 2. The number of amides is 2. The third-order valence-corrected chi connectivity index (χ3v) is 3.48. The minimum Gasteiger partial charge on any atom is -0.480 e. The van der Waals surface area contributed by atoms with Crippen molar-refractivity contribution in [3.8, 4) is 0 Å². The summed E-state index contributed by atoms with van der Waals surface area (Å²) in [6.45, 7) is 5.23. The Kier molecular flexibility index (Phi) is 4.69. The van der Waals surface area contributed by atoms with Gasteiger partial charge in [-0.1, -0.05) is 32.1 Å². The van der Waals surface area contributed by atoms with Crippen LogP contribution in [0.5, 0.6) is 0 Å². The molecule has 8 heteroatoms. The van der Waals surface area contributed by atoms with Crippen molar-refractivity contribution in [2.45, 2.75) is 26.8 Å². The van der Waals surface area contributed by atoms with Crippen LogP contribution in [0, 0.1) is 5.41 Å². The molecular weight excluding hydrogens is 322 g/mol. The van der Waals surface area contributed by atoms with Crippen LogP contribution in [-0.2, 0) is 4.79 Å². The van der Waals surface area contributed by atoms with E-state index in [9.17, 15) is 9.59 Å². The van der Waals surface area contributed by atoms with Gasteiger partial charge < -0.3 is 10.4 Å². The maximum atomic E-state index is 11.6. The van der Waals surface area contributed by atoms with Gasteiger partial charge in [-0.05, 0) is 21.3 Å². The molecule has 0 bridgehead atoms. The molecule has 1 aromatic heterocycles. The van der Waals surface area contributed by atoms with Crippen LogP contribution in [0.4, 0.5) is 9.93 Å². The molecule has 0 aliphatic heterocycles. The number of carbonyl (C=O) groups excluding carboxylic acids is 1. The largest absolute Gasteiger partial charge is 0.480 e. The van der Waals surface area contributed by atoms with Crippen LogP contribution in [-0.4, -0.2) is 28.1 Å². The lowest BCUT2D eigenvalue weighted by Crippen LogP contribution is -2.50. The van der Waals surface area contributed by atoms with Crippen molar-refractivity contribution in [3.63, 3.8) is 0 Å². The summed E-state index contributed by atoms with van der Waals surface area (Å²) in [4.78, 5) is 26.6. The molecule has 0 aliphatic rings. The van der Waals surface area contributed by atoms with Gasteiger partial charge in [0, 0.05) is 0 Å². The quantitative estimate of drug-likeness (QED) is 0.791. The molecule has 18 heavy (non-hydrogen) atoms. The molecule has 0 aliphatic carbocycles. The summed E-state index contributed by atoms with van der Waals surface area (Å²) in [6, 6.07) is -1.56. The van der Waals surface area contributed by atoms with Gasteiger partial charge in [-0.25, -0.2) is 14.6 Å². The van der Waals surface area contributed by atoms with E-state index in [1.807, 2.05) is 0 Å². The van der Waals surface area contributed by atoms with E-state index in [0.717, 1.165) is 3.79 Å². The fraction of sp³-hybridized carbons (Fsp3) is 0.500. The topological polar surface area (TPSA) is 91.3 Å². The number of carboxylic acid groups (broad SMARTS) is 1. The third-order valence-electron chi connectivity index (χ3n) is 2.09. The Morgan fingerprint density at radius 1 is 1.50 bits per heavy atom. The van der Waals surface area contributed by atoms with Crippen molar-refractivity contribution < 1.29 is 14.7 Å². The first kappa shape index (κ1) is 14.9. The molecule has 0 aromatic carbocycles. The molecule has 100 valence electrons. The molecule has 1 unspecified atom stereocenters. The molecule has 0 saturated heterocycles. The highest BCUT2D eigenvalue weighted by Gasteiger charge is 2.32. The summed E-state index contributed by atoms with van der Waals surface area (Å²) in [6.07, 6.45) is 1.55. The summed E-state index contributed by atoms with van der Waals surface area (Å²) in [5.74, 6) is -1.07. The predicted octanol–water partition coefficient (Wildman–Crippen LogP) is 2.53. The molecule has 1 aromatic rings. The second-order valence-electron chi connectivity index (χ2n) is 4.71. The van der Waals surface area contributed by atoms with E-state index < -0.39 is 23.5 Å². The summed E-state index contributed by atoms with van der Waals surface area (Å²) in [5, 5.41) is 14.4. The SMILES string of the molecule is CC(C)(C)C(NC(=O)Nc1ncc(Br)s1)C(=O)O. The molecule has 0 radical (unpaired) electrons. The molecule has 1 heterocycles. The van der Waals surface area contributed by atoms with Crippen LogP contribution in [0.15, 0.2) is 9.98 Å². The van der Waals surface area contributed by atoms with Crippen LogP contribution in [0.3, 0.4) is 0 Å². The molecule has 2 amide bonds. The Morgan fingerprint density at radius 3 is 2.50 bits per heavy atom. The Bertz CT molecular complexity index is 455. The molecule has 3 N–H and O–H groups in total. The smallest absolute Gasteiger partial charge is 0.326 e. The van der Waals surface area contributed by atoms with Gasteiger partial charge in [0.25, 0.3) is 0 Å². The van der Waals surface area contributed by atoms with Crippen molar-refractivity contribution in [2.75, 3.05) is 5.32 Å². The molecule has 0 fully saturated rings.